The van der Waals surface area contributed by atoms with Crippen molar-refractivity contribution >= 4 is 0 Å². The number of rotatable bonds is 5. The van der Waals surface area contributed by atoms with Crippen LogP contribution in [0.4, 0.5) is 0 Å². The Morgan fingerprint density at radius 3 is 2.28 bits per heavy atom. The molecule has 1 aliphatic rings. The molecule has 1 atom stereocenters. The van der Waals surface area contributed by atoms with Crippen molar-refractivity contribution in [3.05, 3.63) is 34.9 Å². The number of likely N-dealkylation sites (N-methyl/N-ethyl adjacent to an activating group) is 2. The summed E-state index contributed by atoms with van der Waals surface area (Å²) in [4.78, 5) is 2.52. The van der Waals surface area contributed by atoms with Gasteiger partial charge < -0.3 is 10.2 Å². The predicted molar refractivity (Wildman–Crippen MR) is 78.0 cm³/mol. The average Bonchev–Trinajstić information content (AvgIpc) is 2.21. The fourth-order valence-corrected chi connectivity index (χ4v) is 2.84. The maximum Gasteiger partial charge on any atom is 0.0447 e. The van der Waals surface area contributed by atoms with Gasteiger partial charge in [0.2, 0.25) is 0 Å². The lowest BCUT2D eigenvalue weighted by atomic mass is 9.91. The van der Waals surface area contributed by atoms with Crippen LogP contribution < -0.4 is 5.32 Å². The standard InChI is InChI=1S/C16H26N2/c1-12-8-13(2)10-14(9-12)16(17-3)11-18(4)15-6-5-7-15/h8-10,15-17H,5-7,11H2,1-4H3. The second-order valence-electron chi connectivity index (χ2n) is 5.79. The van der Waals surface area contributed by atoms with Gasteiger partial charge in [-0.05, 0) is 46.3 Å². The van der Waals surface area contributed by atoms with Crippen LogP contribution in [0.3, 0.4) is 0 Å². The van der Waals surface area contributed by atoms with Gasteiger partial charge in [0.1, 0.15) is 0 Å². The Balaban J connectivity index is 2.06. The lowest BCUT2D eigenvalue weighted by Gasteiger charge is -2.37. The zero-order valence-electron chi connectivity index (χ0n) is 12.2. The Kier molecular flexibility index (Phi) is 4.41. The van der Waals surface area contributed by atoms with Gasteiger partial charge in [-0.1, -0.05) is 35.7 Å². The van der Waals surface area contributed by atoms with Gasteiger partial charge >= 0.3 is 0 Å². The molecule has 1 aromatic rings. The van der Waals surface area contributed by atoms with Crippen molar-refractivity contribution in [2.24, 2.45) is 0 Å². The van der Waals surface area contributed by atoms with Crippen LogP contribution in [0.25, 0.3) is 0 Å². The van der Waals surface area contributed by atoms with E-state index < -0.39 is 0 Å². The van der Waals surface area contributed by atoms with Crippen LogP contribution in [0.15, 0.2) is 18.2 Å². The third-order valence-corrected chi connectivity index (χ3v) is 4.16. The minimum atomic E-state index is 0.439. The highest BCUT2D eigenvalue weighted by atomic mass is 15.2. The van der Waals surface area contributed by atoms with E-state index in [1.54, 1.807) is 0 Å². The van der Waals surface area contributed by atoms with Crippen LogP contribution in [0, 0.1) is 13.8 Å². The molecule has 0 saturated heterocycles. The van der Waals surface area contributed by atoms with Crippen LogP contribution in [0.5, 0.6) is 0 Å². The topological polar surface area (TPSA) is 15.3 Å². The van der Waals surface area contributed by atoms with Gasteiger partial charge in [0.15, 0.2) is 0 Å². The molecule has 2 heteroatoms. The molecule has 100 valence electrons. The number of nitrogens with one attached hydrogen (secondary N) is 1. The van der Waals surface area contributed by atoms with Gasteiger partial charge in [-0.2, -0.15) is 0 Å². The van der Waals surface area contributed by atoms with Gasteiger partial charge in [-0.25, -0.2) is 0 Å². The van der Waals surface area contributed by atoms with E-state index in [0.717, 1.165) is 12.6 Å². The summed E-state index contributed by atoms with van der Waals surface area (Å²) in [6.45, 7) is 5.46. The fraction of sp³-hybridized carbons (Fsp3) is 0.625. The lowest BCUT2D eigenvalue weighted by molar-refractivity contribution is 0.147. The van der Waals surface area contributed by atoms with E-state index >= 15 is 0 Å². The molecule has 0 radical (unpaired) electrons. The predicted octanol–water partition coefficient (Wildman–Crippen LogP) is 3.05. The first kappa shape index (κ1) is 13.6. The molecule has 1 saturated carbocycles. The number of hydrogen-bond acceptors (Lipinski definition) is 2. The Hall–Kier alpha value is -0.860. The van der Waals surface area contributed by atoms with Gasteiger partial charge in [0.25, 0.3) is 0 Å². The molecule has 0 aliphatic heterocycles. The number of benzene rings is 1. The largest absolute Gasteiger partial charge is 0.312 e. The number of nitrogens with zero attached hydrogens (tertiary/aromatic N) is 1. The van der Waals surface area contributed by atoms with Gasteiger partial charge in [0, 0.05) is 18.6 Å². The molecule has 2 nitrogen and oxygen atoms in total. The summed E-state index contributed by atoms with van der Waals surface area (Å²) in [6.07, 6.45) is 4.16. The van der Waals surface area contributed by atoms with E-state index in [-0.39, 0.29) is 0 Å². The maximum absolute atomic E-state index is 3.47. The smallest absolute Gasteiger partial charge is 0.0447 e. The summed E-state index contributed by atoms with van der Waals surface area (Å²) in [7, 11) is 4.33. The average molecular weight is 246 g/mol. The molecule has 0 spiro atoms. The molecular weight excluding hydrogens is 220 g/mol. The molecule has 0 heterocycles. The number of hydrogen-bond donors (Lipinski definition) is 1. The second-order valence-corrected chi connectivity index (χ2v) is 5.79. The quantitative estimate of drug-likeness (QED) is 0.859. The molecule has 1 aromatic carbocycles. The first-order chi connectivity index (χ1) is 8.60. The summed E-state index contributed by atoms with van der Waals surface area (Å²) in [5, 5.41) is 3.47. The van der Waals surface area contributed by atoms with E-state index in [1.165, 1.54) is 36.0 Å². The summed E-state index contributed by atoms with van der Waals surface area (Å²) < 4.78 is 0. The third-order valence-electron chi connectivity index (χ3n) is 4.16. The molecule has 0 aromatic heterocycles. The Labute approximate surface area is 111 Å². The van der Waals surface area contributed by atoms with E-state index in [9.17, 15) is 0 Å². The van der Waals surface area contributed by atoms with Crippen LogP contribution in [0.2, 0.25) is 0 Å². The van der Waals surface area contributed by atoms with E-state index in [2.05, 4.69) is 56.4 Å². The van der Waals surface area contributed by atoms with Crippen molar-refractivity contribution in [1.82, 2.24) is 10.2 Å². The van der Waals surface area contributed by atoms with Crippen molar-refractivity contribution in [3.63, 3.8) is 0 Å². The highest BCUT2D eigenvalue weighted by Gasteiger charge is 2.24. The third kappa shape index (κ3) is 3.12. The van der Waals surface area contributed by atoms with Crippen molar-refractivity contribution in [2.75, 3.05) is 20.6 Å². The Bertz CT molecular complexity index is 376. The minimum absolute atomic E-state index is 0.439. The highest BCUT2D eigenvalue weighted by Crippen LogP contribution is 2.26. The van der Waals surface area contributed by atoms with Gasteiger partial charge in [-0.3, -0.25) is 0 Å². The molecule has 0 bridgehead atoms. The number of aryl methyl sites for hydroxylation is 2. The summed E-state index contributed by atoms with van der Waals surface area (Å²) >= 11 is 0. The highest BCUT2D eigenvalue weighted by molar-refractivity contribution is 5.30. The summed E-state index contributed by atoms with van der Waals surface area (Å²) in [5.41, 5.74) is 4.13. The van der Waals surface area contributed by atoms with Gasteiger partial charge in [0.05, 0.1) is 0 Å². The van der Waals surface area contributed by atoms with Crippen LogP contribution >= 0.6 is 0 Å². The summed E-state index contributed by atoms with van der Waals surface area (Å²) in [6, 6.07) is 8.11. The van der Waals surface area contributed by atoms with Crippen LogP contribution in [0.1, 0.15) is 42.0 Å². The first-order valence-corrected chi connectivity index (χ1v) is 7.06. The molecule has 1 unspecified atom stereocenters. The van der Waals surface area contributed by atoms with Gasteiger partial charge in [-0.15, -0.1) is 0 Å². The zero-order valence-corrected chi connectivity index (χ0v) is 12.2. The SMILES string of the molecule is CNC(CN(C)C1CCC1)c1cc(C)cc(C)c1. The molecule has 1 fully saturated rings. The maximum atomic E-state index is 3.47. The van der Waals surface area contributed by atoms with E-state index in [4.69, 9.17) is 0 Å². The molecule has 0 amide bonds. The monoisotopic (exact) mass is 246 g/mol. The molecule has 2 rings (SSSR count). The van der Waals surface area contributed by atoms with Crippen LogP contribution in [-0.4, -0.2) is 31.6 Å². The fourth-order valence-electron chi connectivity index (χ4n) is 2.84. The van der Waals surface area contributed by atoms with E-state index in [0.29, 0.717) is 6.04 Å². The molecule has 1 N–H and O–H groups in total. The van der Waals surface area contributed by atoms with E-state index in [1.807, 2.05) is 0 Å². The van der Waals surface area contributed by atoms with Crippen molar-refractivity contribution in [1.29, 1.82) is 0 Å². The first-order valence-electron chi connectivity index (χ1n) is 7.06. The zero-order chi connectivity index (χ0) is 13.1. The normalized spacial score (nSPS) is 17.8. The van der Waals surface area contributed by atoms with Crippen LogP contribution in [-0.2, 0) is 0 Å². The molecule has 18 heavy (non-hydrogen) atoms. The molecule has 1 aliphatic carbocycles. The Morgan fingerprint density at radius 2 is 1.83 bits per heavy atom. The van der Waals surface area contributed by atoms with Crippen molar-refractivity contribution in [2.45, 2.75) is 45.2 Å². The summed E-state index contributed by atoms with van der Waals surface area (Å²) in [5.74, 6) is 0. The van der Waals surface area contributed by atoms with Crippen molar-refractivity contribution < 1.29 is 0 Å². The Morgan fingerprint density at radius 1 is 1.22 bits per heavy atom. The van der Waals surface area contributed by atoms with Crippen molar-refractivity contribution in [3.8, 4) is 0 Å². The second kappa shape index (κ2) is 5.85. The molecular formula is C16H26N2. The minimum Gasteiger partial charge on any atom is -0.312 e. The lowest BCUT2D eigenvalue weighted by Crippen LogP contribution is -2.41.